The van der Waals surface area contributed by atoms with Crippen LogP contribution in [0.15, 0.2) is 24.3 Å². The van der Waals surface area contributed by atoms with Crippen LogP contribution < -0.4 is 0 Å². The third-order valence-corrected chi connectivity index (χ3v) is 3.01. The number of rotatable bonds is 1. The van der Waals surface area contributed by atoms with Crippen molar-refractivity contribution < 1.29 is 19.0 Å². The fourth-order valence-corrected chi connectivity index (χ4v) is 1.90. The molecule has 0 spiro atoms. The van der Waals surface area contributed by atoms with Gasteiger partial charge in [0, 0.05) is 11.1 Å². The van der Waals surface area contributed by atoms with E-state index in [2.05, 4.69) is 0 Å². The van der Waals surface area contributed by atoms with E-state index in [1.54, 1.807) is 0 Å². The van der Waals surface area contributed by atoms with Crippen LogP contribution in [0.1, 0.15) is 5.56 Å². The topological polar surface area (TPSA) is 40.5 Å². The van der Waals surface area contributed by atoms with Crippen LogP contribution in [0, 0.1) is 18.6 Å². The summed E-state index contributed by atoms with van der Waals surface area (Å²) in [7, 11) is 0. The number of hydrogen-bond acceptors (Lipinski definition) is 2. The molecular weight excluding hydrogens is 262 g/mol. The summed E-state index contributed by atoms with van der Waals surface area (Å²) in [5, 5.41) is 18.7. The molecule has 0 fully saturated rings. The van der Waals surface area contributed by atoms with Crippen LogP contribution in [-0.4, -0.2) is 10.2 Å². The van der Waals surface area contributed by atoms with Crippen LogP contribution in [0.3, 0.4) is 0 Å². The van der Waals surface area contributed by atoms with Crippen LogP contribution in [0.2, 0.25) is 5.02 Å². The van der Waals surface area contributed by atoms with E-state index in [-0.39, 0.29) is 27.6 Å². The molecule has 0 bridgehead atoms. The van der Waals surface area contributed by atoms with E-state index in [1.807, 2.05) is 0 Å². The predicted octanol–water partition coefficient (Wildman–Crippen LogP) is 4.00. The van der Waals surface area contributed by atoms with Gasteiger partial charge in [0.05, 0.1) is 5.02 Å². The summed E-state index contributed by atoms with van der Waals surface area (Å²) >= 11 is 5.76. The maximum Gasteiger partial charge on any atom is 0.135 e. The second-order valence-corrected chi connectivity index (χ2v) is 4.25. The number of aromatic hydroxyl groups is 2. The lowest BCUT2D eigenvalue weighted by atomic mass is 10.0. The molecule has 94 valence electrons. The molecule has 0 amide bonds. The summed E-state index contributed by atoms with van der Waals surface area (Å²) < 4.78 is 27.5. The molecule has 2 N–H and O–H groups in total. The first-order chi connectivity index (χ1) is 8.41. The van der Waals surface area contributed by atoms with Crippen molar-refractivity contribution in [3.8, 4) is 22.6 Å². The highest BCUT2D eigenvalue weighted by atomic mass is 35.5. The molecule has 0 aliphatic heterocycles. The molecule has 0 aliphatic rings. The molecule has 0 radical (unpaired) electrons. The molecule has 0 saturated heterocycles. The Kier molecular flexibility index (Phi) is 3.13. The molecule has 0 aliphatic carbocycles. The molecular formula is C13H9ClF2O2. The zero-order valence-corrected chi connectivity index (χ0v) is 10.1. The van der Waals surface area contributed by atoms with E-state index in [0.29, 0.717) is 5.56 Å². The summed E-state index contributed by atoms with van der Waals surface area (Å²) in [6.45, 7) is 1.52. The number of hydrogen-bond donors (Lipinski definition) is 2. The van der Waals surface area contributed by atoms with Gasteiger partial charge in [0.25, 0.3) is 0 Å². The lowest BCUT2D eigenvalue weighted by Crippen LogP contribution is -1.92. The highest BCUT2D eigenvalue weighted by Gasteiger charge is 2.18. The molecule has 2 rings (SSSR count). The Morgan fingerprint density at radius 1 is 1.00 bits per heavy atom. The first-order valence-corrected chi connectivity index (χ1v) is 5.46. The van der Waals surface area contributed by atoms with E-state index in [0.717, 1.165) is 24.3 Å². The second-order valence-electron chi connectivity index (χ2n) is 3.87. The van der Waals surface area contributed by atoms with Crippen molar-refractivity contribution in [2.24, 2.45) is 0 Å². The first kappa shape index (κ1) is 12.6. The maximum absolute atomic E-state index is 13.8. The minimum Gasteiger partial charge on any atom is -0.508 e. The number of benzene rings is 2. The highest BCUT2D eigenvalue weighted by Crippen LogP contribution is 2.39. The third kappa shape index (κ3) is 1.99. The van der Waals surface area contributed by atoms with Crippen LogP contribution in [0.5, 0.6) is 11.5 Å². The van der Waals surface area contributed by atoms with Gasteiger partial charge >= 0.3 is 0 Å². The Hall–Kier alpha value is -1.81. The molecule has 5 heteroatoms. The molecule has 18 heavy (non-hydrogen) atoms. The number of phenols is 2. The quantitative estimate of drug-likeness (QED) is 0.822. The van der Waals surface area contributed by atoms with Crippen molar-refractivity contribution in [3.63, 3.8) is 0 Å². The van der Waals surface area contributed by atoms with Crippen molar-refractivity contribution in [2.75, 3.05) is 0 Å². The van der Waals surface area contributed by atoms with Gasteiger partial charge in [-0.25, -0.2) is 8.78 Å². The molecule has 2 aromatic carbocycles. The van der Waals surface area contributed by atoms with Gasteiger partial charge in [-0.1, -0.05) is 11.6 Å². The van der Waals surface area contributed by atoms with Gasteiger partial charge in [-0.2, -0.15) is 0 Å². The minimum atomic E-state index is -0.778. The zero-order valence-electron chi connectivity index (χ0n) is 9.34. The fraction of sp³-hybridized carbons (Fsp3) is 0.0769. The average Bonchev–Trinajstić information content (AvgIpc) is 2.31. The van der Waals surface area contributed by atoms with E-state index in [1.165, 1.54) is 6.92 Å². The summed E-state index contributed by atoms with van der Waals surface area (Å²) in [4.78, 5) is 0. The van der Waals surface area contributed by atoms with Crippen LogP contribution in [0.25, 0.3) is 11.1 Å². The number of phenolic OH excluding ortho intramolecular Hbond substituents is 2. The Bertz CT molecular complexity index is 627. The smallest absolute Gasteiger partial charge is 0.135 e. The van der Waals surface area contributed by atoms with Crippen molar-refractivity contribution in [3.05, 3.63) is 46.5 Å². The molecule has 0 aromatic heterocycles. The normalized spacial score (nSPS) is 10.7. The van der Waals surface area contributed by atoms with Gasteiger partial charge < -0.3 is 10.2 Å². The minimum absolute atomic E-state index is 0.176. The molecule has 0 unspecified atom stereocenters. The van der Waals surface area contributed by atoms with Crippen LogP contribution >= 0.6 is 11.6 Å². The Morgan fingerprint density at radius 3 is 2.33 bits per heavy atom. The SMILES string of the molecule is Cc1cc(F)c(-c2c(F)ccc(O)c2Cl)cc1O. The lowest BCUT2D eigenvalue weighted by molar-refractivity contribution is 0.468. The van der Waals surface area contributed by atoms with Crippen LogP contribution in [0.4, 0.5) is 8.78 Å². The molecule has 2 nitrogen and oxygen atoms in total. The van der Waals surface area contributed by atoms with E-state index in [4.69, 9.17) is 11.6 Å². The molecule has 0 saturated carbocycles. The average molecular weight is 271 g/mol. The number of aryl methyl sites for hydroxylation is 1. The largest absolute Gasteiger partial charge is 0.508 e. The van der Waals surface area contributed by atoms with Gasteiger partial charge in [0.1, 0.15) is 23.1 Å². The monoisotopic (exact) mass is 270 g/mol. The van der Waals surface area contributed by atoms with E-state index >= 15 is 0 Å². The van der Waals surface area contributed by atoms with Gasteiger partial charge in [-0.15, -0.1) is 0 Å². The predicted molar refractivity (Wildman–Crippen MR) is 64.9 cm³/mol. The van der Waals surface area contributed by atoms with Gasteiger partial charge in [-0.05, 0) is 36.8 Å². The standard InChI is InChI=1S/C13H9ClF2O2/c1-6-4-9(16)7(5-11(6)18)12-8(15)2-3-10(17)13(12)14/h2-5,17-18H,1H3. The fourth-order valence-electron chi connectivity index (χ4n) is 1.64. The summed E-state index contributed by atoms with van der Waals surface area (Å²) in [6, 6.07) is 4.21. The van der Waals surface area contributed by atoms with E-state index in [9.17, 15) is 19.0 Å². The molecule has 2 aromatic rings. The van der Waals surface area contributed by atoms with E-state index < -0.39 is 11.6 Å². The van der Waals surface area contributed by atoms with Crippen molar-refractivity contribution in [2.45, 2.75) is 6.92 Å². The summed E-state index contributed by atoms with van der Waals surface area (Å²) in [5.41, 5.74) is -0.145. The van der Waals surface area contributed by atoms with Gasteiger partial charge in [-0.3, -0.25) is 0 Å². The van der Waals surface area contributed by atoms with Gasteiger partial charge in [0.15, 0.2) is 0 Å². The zero-order chi connectivity index (χ0) is 13.4. The Morgan fingerprint density at radius 2 is 1.67 bits per heavy atom. The van der Waals surface area contributed by atoms with Crippen molar-refractivity contribution in [1.29, 1.82) is 0 Å². The Balaban J connectivity index is 2.77. The Labute approximate surface area is 107 Å². The molecule has 0 atom stereocenters. The second kappa shape index (κ2) is 4.46. The van der Waals surface area contributed by atoms with Gasteiger partial charge in [0.2, 0.25) is 0 Å². The van der Waals surface area contributed by atoms with Crippen molar-refractivity contribution in [1.82, 2.24) is 0 Å². The van der Waals surface area contributed by atoms with Crippen LogP contribution in [-0.2, 0) is 0 Å². The summed E-state index contributed by atoms with van der Waals surface area (Å²) in [6.07, 6.45) is 0. The maximum atomic E-state index is 13.8. The number of halogens is 3. The lowest BCUT2D eigenvalue weighted by Gasteiger charge is -2.10. The third-order valence-electron chi connectivity index (χ3n) is 2.63. The first-order valence-electron chi connectivity index (χ1n) is 5.08. The molecule has 0 heterocycles. The van der Waals surface area contributed by atoms with Crippen molar-refractivity contribution >= 4 is 11.6 Å². The summed E-state index contributed by atoms with van der Waals surface area (Å²) in [5.74, 6) is -2.03. The highest BCUT2D eigenvalue weighted by molar-refractivity contribution is 6.34.